The standard InChI is InChI=1S/C14H20O3/c1-10(16-2)13(15)5-3-11-4-6-14-12(9-11)7-8-17-14/h4,6,9-10,13,15H,3,5,7-8H2,1-2H3. The summed E-state index contributed by atoms with van der Waals surface area (Å²) in [5, 5.41) is 9.82. The van der Waals surface area contributed by atoms with Crippen LogP contribution in [0, 0.1) is 0 Å². The van der Waals surface area contributed by atoms with E-state index in [2.05, 4.69) is 12.1 Å². The Morgan fingerprint density at radius 3 is 3.06 bits per heavy atom. The van der Waals surface area contributed by atoms with Gasteiger partial charge >= 0.3 is 0 Å². The number of benzene rings is 1. The van der Waals surface area contributed by atoms with E-state index in [1.807, 2.05) is 13.0 Å². The number of aryl methyl sites for hydroxylation is 1. The van der Waals surface area contributed by atoms with Crippen LogP contribution < -0.4 is 4.74 Å². The van der Waals surface area contributed by atoms with Crippen molar-refractivity contribution in [2.45, 2.75) is 38.4 Å². The molecule has 0 radical (unpaired) electrons. The molecule has 0 fully saturated rings. The molecule has 0 bridgehead atoms. The Morgan fingerprint density at radius 1 is 1.47 bits per heavy atom. The van der Waals surface area contributed by atoms with Gasteiger partial charge in [-0.05, 0) is 37.0 Å². The fourth-order valence-electron chi connectivity index (χ4n) is 2.10. The topological polar surface area (TPSA) is 38.7 Å². The third kappa shape index (κ3) is 2.99. The fourth-order valence-corrected chi connectivity index (χ4v) is 2.10. The van der Waals surface area contributed by atoms with E-state index in [0.717, 1.165) is 31.6 Å². The van der Waals surface area contributed by atoms with Crippen molar-refractivity contribution in [1.82, 2.24) is 0 Å². The Hall–Kier alpha value is -1.06. The number of hydrogen-bond acceptors (Lipinski definition) is 3. The van der Waals surface area contributed by atoms with Gasteiger partial charge in [-0.1, -0.05) is 12.1 Å². The summed E-state index contributed by atoms with van der Waals surface area (Å²) in [7, 11) is 1.63. The first-order valence-corrected chi connectivity index (χ1v) is 6.16. The van der Waals surface area contributed by atoms with Gasteiger partial charge in [-0.2, -0.15) is 0 Å². The summed E-state index contributed by atoms with van der Waals surface area (Å²) in [5.74, 6) is 1.01. The smallest absolute Gasteiger partial charge is 0.122 e. The highest BCUT2D eigenvalue weighted by molar-refractivity contribution is 5.39. The van der Waals surface area contributed by atoms with Crippen LogP contribution in [0.5, 0.6) is 5.75 Å². The quantitative estimate of drug-likeness (QED) is 0.849. The molecule has 0 aliphatic carbocycles. The predicted molar refractivity (Wildman–Crippen MR) is 66.4 cm³/mol. The maximum absolute atomic E-state index is 9.82. The predicted octanol–water partition coefficient (Wildman–Crippen LogP) is 1.95. The second-order valence-electron chi connectivity index (χ2n) is 4.59. The van der Waals surface area contributed by atoms with Crippen molar-refractivity contribution in [3.8, 4) is 5.75 Å². The minimum Gasteiger partial charge on any atom is -0.493 e. The second-order valence-corrected chi connectivity index (χ2v) is 4.59. The van der Waals surface area contributed by atoms with Crippen molar-refractivity contribution < 1.29 is 14.6 Å². The van der Waals surface area contributed by atoms with Crippen molar-refractivity contribution in [2.75, 3.05) is 13.7 Å². The van der Waals surface area contributed by atoms with Gasteiger partial charge in [-0.15, -0.1) is 0 Å². The largest absolute Gasteiger partial charge is 0.493 e. The number of aliphatic hydroxyl groups is 1. The van der Waals surface area contributed by atoms with Gasteiger partial charge in [0.2, 0.25) is 0 Å². The number of hydrogen-bond donors (Lipinski definition) is 1. The molecular weight excluding hydrogens is 216 g/mol. The van der Waals surface area contributed by atoms with E-state index >= 15 is 0 Å². The van der Waals surface area contributed by atoms with Gasteiger partial charge in [0, 0.05) is 13.5 Å². The minimum atomic E-state index is -0.399. The van der Waals surface area contributed by atoms with Gasteiger partial charge in [-0.25, -0.2) is 0 Å². The molecule has 2 atom stereocenters. The summed E-state index contributed by atoms with van der Waals surface area (Å²) in [6, 6.07) is 6.30. The van der Waals surface area contributed by atoms with Crippen LogP contribution >= 0.6 is 0 Å². The number of fused-ring (bicyclic) bond motifs is 1. The maximum atomic E-state index is 9.82. The highest BCUT2D eigenvalue weighted by atomic mass is 16.5. The molecule has 1 heterocycles. The van der Waals surface area contributed by atoms with E-state index < -0.39 is 6.10 Å². The highest BCUT2D eigenvalue weighted by Crippen LogP contribution is 2.26. The summed E-state index contributed by atoms with van der Waals surface area (Å²) >= 11 is 0. The van der Waals surface area contributed by atoms with Crippen molar-refractivity contribution >= 4 is 0 Å². The lowest BCUT2D eigenvalue weighted by Gasteiger charge is -2.17. The van der Waals surface area contributed by atoms with Crippen LogP contribution in [0.25, 0.3) is 0 Å². The third-order valence-electron chi connectivity index (χ3n) is 3.40. The molecule has 0 amide bonds. The molecule has 0 saturated heterocycles. The molecule has 1 aliphatic rings. The third-order valence-corrected chi connectivity index (χ3v) is 3.40. The Morgan fingerprint density at radius 2 is 2.29 bits per heavy atom. The van der Waals surface area contributed by atoms with Crippen molar-refractivity contribution in [1.29, 1.82) is 0 Å². The fraction of sp³-hybridized carbons (Fsp3) is 0.571. The van der Waals surface area contributed by atoms with E-state index in [1.165, 1.54) is 11.1 Å². The zero-order valence-electron chi connectivity index (χ0n) is 10.5. The lowest BCUT2D eigenvalue weighted by molar-refractivity contribution is -0.00393. The second kappa shape index (κ2) is 5.52. The summed E-state index contributed by atoms with van der Waals surface area (Å²) in [6.07, 6.45) is 2.11. The van der Waals surface area contributed by atoms with Gasteiger partial charge in [-0.3, -0.25) is 0 Å². The normalized spacial score (nSPS) is 17.4. The van der Waals surface area contributed by atoms with Crippen LogP contribution in [0.15, 0.2) is 18.2 Å². The average Bonchev–Trinajstić information content (AvgIpc) is 2.82. The molecule has 0 spiro atoms. The van der Waals surface area contributed by atoms with Crippen LogP contribution in [0.2, 0.25) is 0 Å². The molecule has 1 aliphatic heterocycles. The molecule has 0 aromatic heterocycles. The Kier molecular flexibility index (Phi) is 4.02. The number of rotatable bonds is 5. The van der Waals surface area contributed by atoms with Gasteiger partial charge in [0.15, 0.2) is 0 Å². The molecule has 17 heavy (non-hydrogen) atoms. The molecule has 3 nitrogen and oxygen atoms in total. The van der Waals surface area contributed by atoms with Crippen molar-refractivity contribution in [2.24, 2.45) is 0 Å². The zero-order valence-corrected chi connectivity index (χ0v) is 10.5. The van der Waals surface area contributed by atoms with Crippen LogP contribution in [0.1, 0.15) is 24.5 Å². The molecule has 2 rings (SSSR count). The molecule has 1 aromatic carbocycles. The molecule has 94 valence electrons. The molecular formula is C14H20O3. The van der Waals surface area contributed by atoms with Crippen LogP contribution in [0.4, 0.5) is 0 Å². The molecule has 0 saturated carbocycles. The van der Waals surface area contributed by atoms with E-state index in [1.54, 1.807) is 7.11 Å². The van der Waals surface area contributed by atoms with E-state index in [-0.39, 0.29) is 6.10 Å². The van der Waals surface area contributed by atoms with E-state index in [9.17, 15) is 5.11 Å². The average molecular weight is 236 g/mol. The monoisotopic (exact) mass is 236 g/mol. The van der Waals surface area contributed by atoms with Gasteiger partial charge in [0.05, 0.1) is 18.8 Å². The van der Waals surface area contributed by atoms with Crippen molar-refractivity contribution in [3.63, 3.8) is 0 Å². The number of ether oxygens (including phenoxy) is 2. The van der Waals surface area contributed by atoms with Gasteiger partial charge in [0.1, 0.15) is 5.75 Å². The number of aliphatic hydroxyl groups excluding tert-OH is 1. The maximum Gasteiger partial charge on any atom is 0.122 e. The van der Waals surface area contributed by atoms with Crippen LogP contribution in [0.3, 0.4) is 0 Å². The van der Waals surface area contributed by atoms with Gasteiger partial charge < -0.3 is 14.6 Å². The highest BCUT2D eigenvalue weighted by Gasteiger charge is 2.15. The molecule has 2 unspecified atom stereocenters. The lowest BCUT2D eigenvalue weighted by atomic mass is 10.0. The Balaban J connectivity index is 1.91. The first-order chi connectivity index (χ1) is 8.20. The molecule has 1 N–H and O–H groups in total. The first-order valence-electron chi connectivity index (χ1n) is 6.16. The van der Waals surface area contributed by atoms with E-state index in [4.69, 9.17) is 9.47 Å². The summed E-state index contributed by atoms with van der Waals surface area (Å²) in [6.45, 7) is 2.68. The van der Waals surface area contributed by atoms with Crippen molar-refractivity contribution in [3.05, 3.63) is 29.3 Å². The van der Waals surface area contributed by atoms with Crippen LogP contribution in [-0.4, -0.2) is 31.0 Å². The summed E-state index contributed by atoms with van der Waals surface area (Å²) in [4.78, 5) is 0. The van der Waals surface area contributed by atoms with E-state index in [0.29, 0.717) is 0 Å². The SMILES string of the molecule is COC(C)C(O)CCc1ccc2c(c1)CCO2. The summed E-state index contributed by atoms with van der Waals surface area (Å²) in [5.41, 5.74) is 2.55. The minimum absolute atomic E-state index is 0.104. The Bertz CT molecular complexity index is 376. The lowest BCUT2D eigenvalue weighted by Crippen LogP contribution is -2.25. The molecule has 1 aromatic rings. The number of methoxy groups -OCH3 is 1. The zero-order chi connectivity index (χ0) is 12.3. The molecule has 3 heteroatoms. The van der Waals surface area contributed by atoms with Crippen LogP contribution in [-0.2, 0) is 17.6 Å². The van der Waals surface area contributed by atoms with Gasteiger partial charge in [0.25, 0.3) is 0 Å². The summed E-state index contributed by atoms with van der Waals surface area (Å²) < 4.78 is 10.6. The first kappa shape index (κ1) is 12.4. The Labute approximate surface area is 102 Å².